The van der Waals surface area contributed by atoms with Gasteiger partial charge in [0.15, 0.2) is 0 Å². The third-order valence-electron chi connectivity index (χ3n) is 3.54. The van der Waals surface area contributed by atoms with E-state index in [0.717, 1.165) is 0 Å². The van der Waals surface area contributed by atoms with E-state index in [1.54, 1.807) is 40.3 Å². The molecule has 12 heavy (non-hydrogen) atoms. The van der Waals surface area contributed by atoms with E-state index in [9.17, 15) is 0 Å². The zero-order valence-corrected chi connectivity index (χ0v) is 11.0. The molecule has 1 aliphatic heterocycles. The first-order valence-corrected chi connectivity index (χ1v) is 11.8. The van der Waals surface area contributed by atoms with Crippen LogP contribution < -0.4 is 0 Å². The fourth-order valence-corrected chi connectivity index (χ4v) is 12.5. The molecule has 1 heterocycles. The summed E-state index contributed by atoms with van der Waals surface area (Å²) in [5.74, 6) is 0. The van der Waals surface area contributed by atoms with Crippen LogP contribution in [0.3, 0.4) is 0 Å². The monoisotopic (exact) mass is 230 g/mol. The first-order valence-electron chi connectivity index (χ1n) is 5.83. The second kappa shape index (κ2) is 5.31. The van der Waals surface area contributed by atoms with Crippen molar-refractivity contribution in [3.63, 3.8) is 0 Å². The van der Waals surface area contributed by atoms with E-state index in [0.29, 0.717) is 0 Å². The van der Waals surface area contributed by atoms with Crippen LogP contribution in [0, 0.1) is 0 Å². The van der Waals surface area contributed by atoms with E-state index in [-0.39, 0.29) is 0 Å². The van der Waals surface area contributed by atoms with E-state index in [2.05, 4.69) is 13.8 Å². The van der Waals surface area contributed by atoms with Crippen molar-refractivity contribution in [2.45, 2.75) is 67.0 Å². The average Bonchev–Trinajstić information content (AvgIpc) is 2.02. The second-order valence-corrected chi connectivity index (χ2v) is 15.1. The summed E-state index contributed by atoms with van der Waals surface area (Å²) in [7, 11) is 0. The van der Waals surface area contributed by atoms with Crippen molar-refractivity contribution >= 4 is 13.3 Å². The number of rotatable bonds is 6. The minimum atomic E-state index is -1.08. The minimum absolute atomic E-state index is 1.08. The molecule has 0 radical (unpaired) electrons. The normalized spacial score (nSPS) is 20.5. The van der Waals surface area contributed by atoms with Crippen molar-refractivity contribution in [3.05, 3.63) is 0 Å². The molecule has 0 atom stereocenters. The van der Waals surface area contributed by atoms with Crippen molar-refractivity contribution in [3.8, 4) is 0 Å². The van der Waals surface area contributed by atoms with Gasteiger partial charge in [0, 0.05) is 0 Å². The van der Waals surface area contributed by atoms with Crippen LogP contribution in [0.2, 0.25) is 21.0 Å². The third kappa shape index (κ3) is 2.79. The molecule has 0 nitrogen and oxygen atoms in total. The van der Waals surface area contributed by atoms with Gasteiger partial charge >= 0.3 is 80.2 Å². The Morgan fingerprint density at radius 3 is 1.67 bits per heavy atom. The third-order valence-corrected chi connectivity index (χ3v) is 15.4. The van der Waals surface area contributed by atoms with E-state index < -0.39 is 13.3 Å². The van der Waals surface area contributed by atoms with Gasteiger partial charge in [-0.25, -0.2) is 0 Å². The summed E-state index contributed by atoms with van der Waals surface area (Å²) in [6.07, 6.45) is 7.54. The van der Waals surface area contributed by atoms with Gasteiger partial charge in [0.25, 0.3) is 0 Å². The molecule has 0 unspecified atom stereocenters. The molecular weight excluding hydrogens is 205 g/mol. The van der Waals surface area contributed by atoms with Gasteiger partial charge < -0.3 is 0 Å². The predicted molar refractivity (Wildman–Crippen MR) is 59.4 cm³/mol. The molecule has 0 aromatic carbocycles. The van der Waals surface area contributed by atoms with Gasteiger partial charge in [-0.3, -0.25) is 0 Å². The molecule has 1 aliphatic rings. The Morgan fingerprint density at radius 1 is 0.917 bits per heavy atom. The fraction of sp³-hybridized carbons (Fsp3) is 1.00. The van der Waals surface area contributed by atoms with Gasteiger partial charge in [-0.2, -0.15) is 0 Å². The number of unbranched alkanes of at least 4 members (excludes halogenated alkanes) is 2. The topological polar surface area (TPSA) is 0 Å². The van der Waals surface area contributed by atoms with Crippen molar-refractivity contribution in [2.24, 2.45) is 0 Å². The Kier molecular flexibility index (Phi) is 4.70. The SMILES string of the molecule is CCC[CH2][Ge]1([CH2]CCC)[CH2]C[CH2]1. The summed E-state index contributed by atoms with van der Waals surface area (Å²) < 4.78 is 0. The van der Waals surface area contributed by atoms with Gasteiger partial charge in [0.05, 0.1) is 0 Å². The van der Waals surface area contributed by atoms with Gasteiger partial charge in [-0.15, -0.1) is 0 Å². The molecule has 0 aromatic heterocycles. The van der Waals surface area contributed by atoms with Crippen LogP contribution in [-0.4, -0.2) is 13.3 Å². The molecule has 1 heteroatoms. The second-order valence-electron chi connectivity index (χ2n) is 4.56. The van der Waals surface area contributed by atoms with Crippen molar-refractivity contribution in [1.29, 1.82) is 0 Å². The quantitative estimate of drug-likeness (QED) is 0.590. The Bertz CT molecular complexity index is 106. The number of hydrogen-bond acceptors (Lipinski definition) is 0. The average molecular weight is 229 g/mol. The van der Waals surface area contributed by atoms with Gasteiger partial charge in [-0.1, -0.05) is 0 Å². The Morgan fingerprint density at radius 2 is 1.42 bits per heavy atom. The van der Waals surface area contributed by atoms with Crippen LogP contribution >= 0.6 is 0 Å². The zero-order chi connectivity index (χ0) is 8.86. The van der Waals surface area contributed by atoms with Crippen molar-refractivity contribution in [2.75, 3.05) is 0 Å². The van der Waals surface area contributed by atoms with Crippen LogP contribution in [0.5, 0.6) is 0 Å². The Balaban J connectivity index is 2.19. The maximum atomic E-state index is 2.34. The van der Waals surface area contributed by atoms with Gasteiger partial charge in [0.2, 0.25) is 0 Å². The molecule has 0 N–H and O–H groups in total. The first-order chi connectivity index (χ1) is 5.83. The van der Waals surface area contributed by atoms with Gasteiger partial charge in [-0.05, 0) is 0 Å². The predicted octanol–water partition coefficient (Wildman–Crippen LogP) is 4.44. The molecule has 1 fully saturated rings. The summed E-state index contributed by atoms with van der Waals surface area (Å²) in [5.41, 5.74) is 0. The molecular formula is C11H24Ge. The van der Waals surface area contributed by atoms with Crippen LogP contribution in [0.15, 0.2) is 0 Å². The maximum absolute atomic E-state index is 2.34. The van der Waals surface area contributed by atoms with Gasteiger partial charge in [0.1, 0.15) is 0 Å². The summed E-state index contributed by atoms with van der Waals surface area (Å²) >= 11 is -1.08. The summed E-state index contributed by atoms with van der Waals surface area (Å²) in [6.45, 7) is 4.68. The van der Waals surface area contributed by atoms with Crippen LogP contribution in [0.4, 0.5) is 0 Å². The standard InChI is InChI=1S/C11H24Ge/c1-3-5-8-12(9-6-4-2)10-7-11-12/h3-11H2,1-2H3. The summed E-state index contributed by atoms with van der Waals surface area (Å²) in [5, 5.41) is 6.85. The molecule has 0 saturated carbocycles. The Hall–Kier alpha value is 0.543. The Labute approximate surface area is 80.5 Å². The first kappa shape index (κ1) is 10.6. The van der Waals surface area contributed by atoms with Crippen LogP contribution in [-0.2, 0) is 0 Å². The molecule has 0 aromatic rings. The zero-order valence-electron chi connectivity index (χ0n) is 8.86. The molecule has 1 saturated heterocycles. The van der Waals surface area contributed by atoms with Crippen molar-refractivity contribution in [1.82, 2.24) is 0 Å². The van der Waals surface area contributed by atoms with Crippen LogP contribution in [0.25, 0.3) is 0 Å². The molecule has 0 bridgehead atoms. The van der Waals surface area contributed by atoms with Crippen LogP contribution in [0.1, 0.15) is 46.0 Å². The van der Waals surface area contributed by atoms with E-state index in [1.165, 1.54) is 12.8 Å². The van der Waals surface area contributed by atoms with E-state index in [1.807, 2.05) is 0 Å². The summed E-state index contributed by atoms with van der Waals surface area (Å²) in [6, 6.07) is 0. The molecule has 0 spiro atoms. The molecule has 0 aliphatic carbocycles. The van der Waals surface area contributed by atoms with E-state index >= 15 is 0 Å². The van der Waals surface area contributed by atoms with E-state index in [4.69, 9.17) is 0 Å². The molecule has 72 valence electrons. The molecule has 1 rings (SSSR count). The van der Waals surface area contributed by atoms with Crippen molar-refractivity contribution < 1.29 is 0 Å². The number of hydrogen-bond donors (Lipinski definition) is 0. The fourth-order valence-electron chi connectivity index (χ4n) is 2.41. The molecule has 0 amide bonds. The summed E-state index contributed by atoms with van der Waals surface area (Å²) in [4.78, 5) is 0.